The largest absolute Gasteiger partial charge is 0.497 e. The van der Waals surface area contributed by atoms with Gasteiger partial charge in [0.1, 0.15) is 11.4 Å². The Morgan fingerprint density at radius 1 is 1.32 bits per heavy atom. The lowest BCUT2D eigenvalue weighted by atomic mass is 10.3. The summed E-state index contributed by atoms with van der Waals surface area (Å²) in [4.78, 5) is 29.7. The zero-order valence-corrected chi connectivity index (χ0v) is 15.0. The van der Waals surface area contributed by atoms with E-state index in [2.05, 4.69) is 15.6 Å². The number of thiazole rings is 1. The molecule has 1 fully saturated rings. The van der Waals surface area contributed by atoms with Crippen molar-refractivity contribution in [1.29, 1.82) is 0 Å². The summed E-state index contributed by atoms with van der Waals surface area (Å²) in [6.07, 6.45) is 1.58. The number of hydrogen-bond acceptors (Lipinski definition) is 6. The minimum absolute atomic E-state index is 0.170. The van der Waals surface area contributed by atoms with Crippen molar-refractivity contribution in [3.8, 4) is 5.75 Å². The number of amides is 2. The van der Waals surface area contributed by atoms with E-state index in [0.717, 1.165) is 0 Å². The summed E-state index contributed by atoms with van der Waals surface area (Å²) in [7, 11) is 1.58. The molecule has 0 saturated carbocycles. The summed E-state index contributed by atoms with van der Waals surface area (Å²) in [6, 6.07) is 7.11. The third kappa shape index (κ3) is 3.67. The molecule has 0 radical (unpaired) electrons. The minimum atomic E-state index is -0.307. The molecule has 0 spiro atoms. The van der Waals surface area contributed by atoms with Crippen molar-refractivity contribution in [2.75, 3.05) is 12.0 Å². The van der Waals surface area contributed by atoms with Crippen molar-refractivity contribution in [3.63, 3.8) is 0 Å². The zero-order valence-electron chi connectivity index (χ0n) is 13.4. The maximum Gasteiger partial charge on any atom is 0.273 e. The van der Waals surface area contributed by atoms with E-state index in [1.165, 1.54) is 23.2 Å². The van der Waals surface area contributed by atoms with Gasteiger partial charge in [-0.25, -0.2) is 4.98 Å². The highest BCUT2D eigenvalue weighted by atomic mass is 32.1. The molecule has 0 aliphatic carbocycles. The molecule has 9 heteroatoms. The van der Waals surface area contributed by atoms with Crippen LogP contribution < -0.4 is 20.3 Å². The maximum absolute atomic E-state index is 12.1. The molecule has 2 heterocycles. The monoisotopic (exact) mass is 374 g/mol. The zero-order chi connectivity index (χ0) is 18.0. The Morgan fingerprint density at radius 2 is 2.04 bits per heavy atom. The number of carbonyl (C=O) groups is 2. The van der Waals surface area contributed by atoms with Gasteiger partial charge in [-0.15, -0.1) is 11.3 Å². The molecule has 2 aromatic rings. The second-order valence-electron chi connectivity index (χ2n) is 5.07. The van der Waals surface area contributed by atoms with Gasteiger partial charge >= 0.3 is 0 Å². The van der Waals surface area contributed by atoms with Gasteiger partial charge in [0.15, 0.2) is 10.2 Å². The molecule has 0 bridgehead atoms. The number of ether oxygens (including phenoxy) is 1. The standard InChI is InChI=1S/C16H14N4O3S2/c1-9(21)20(11-3-5-12(23-2)6-4-11)16-17-10(8-25-16)7-13-14(22)19-15(24)18-13/h3-8H,1-2H3,(H2,18,19,22,24)/b13-7-. The molecule has 128 valence electrons. The van der Waals surface area contributed by atoms with Gasteiger partial charge in [0.2, 0.25) is 5.91 Å². The summed E-state index contributed by atoms with van der Waals surface area (Å²) in [6.45, 7) is 1.47. The second kappa shape index (κ2) is 6.99. The predicted molar refractivity (Wildman–Crippen MR) is 99.8 cm³/mol. The highest BCUT2D eigenvalue weighted by Crippen LogP contribution is 2.30. The minimum Gasteiger partial charge on any atom is -0.497 e. The normalized spacial score (nSPS) is 15.0. The number of hydrogen-bond donors (Lipinski definition) is 2. The van der Waals surface area contributed by atoms with E-state index in [-0.39, 0.29) is 16.9 Å². The van der Waals surface area contributed by atoms with Gasteiger partial charge in [0.05, 0.1) is 18.5 Å². The number of methoxy groups -OCH3 is 1. The molecule has 1 aromatic heterocycles. The number of benzene rings is 1. The molecule has 3 rings (SSSR count). The SMILES string of the molecule is COc1ccc(N(C(C)=O)c2nc(/C=C3\NC(=S)NC3=O)cs2)cc1. The lowest BCUT2D eigenvalue weighted by Gasteiger charge is -2.18. The Hall–Kier alpha value is -2.78. The lowest BCUT2D eigenvalue weighted by Crippen LogP contribution is -2.22. The van der Waals surface area contributed by atoms with Crippen molar-refractivity contribution in [2.45, 2.75) is 6.92 Å². The Kier molecular flexibility index (Phi) is 4.77. The van der Waals surface area contributed by atoms with E-state index >= 15 is 0 Å². The molecule has 2 amide bonds. The third-order valence-corrected chi connectivity index (χ3v) is 4.41. The van der Waals surface area contributed by atoms with Crippen LogP contribution in [-0.2, 0) is 9.59 Å². The molecule has 1 aliphatic heterocycles. The first-order chi connectivity index (χ1) is 12.0. The molecule has 1 aliphatic rings. The number of carbonyl (C=O) groups excluding carboxylic acids is 2. The van der Waals surface area contributed by atoms with Crippen molar-refractivity contribution in [1.82, 2.24) is 15.6 Å². The summed E-state index contributed by atoms with van der Waals surface area (Å²) in [5.74, 6) is 0.223. The fourth-order valence-corrected chi connectivity index (χ4v) is 3.28. The van der Waals surface area contributed by atoms with Crippen LogP contribution in [0.15, 0.2) is 35.3 Å². The molecule has 0 unspecified atom stereocenters. The van der Waals surface area contributed by atoms with Gasteiger partial charge in [-0.05, 0) is 42.6 Å². The molecule has 1 saturated heterocycles. The van der Waals surface area contributed by atoms with E-state index in [9.17, 15) is 9.59 Å². The van der Waals surface area contributed by atoms with E-state index in [1.807, 2.05) is 0 Å². The van der Waals surface area contributed by atoms with E-state index in [4.69, 9.17) is 17.0 Å². The van der Waals surface area contributed by atoms with Crippen LogP contribution in [0, 0.1) is 0 Å². The lowest BCUT2D eigenvalue weighted by molar-refractivity contribution is -0.116. The van der Waals surface area contributed by atoms with Crippen molar-refractivity contribution >= 4 is 57.4 Å². The van der Waals surface area contributed by atoms with Gasteiger partial charge in [-0.2, -0.15) is 0 Å². The van der Waals surface area contributed by atoms with Crippen LogP contribution in [0.1, 0.15) is 12.6 Å². The quantitative estimate of drug-likeness (QED) is 0.630. The second-order valence-corrected chi connectivity index (χ2v) is 6.32. The third-order valence-electron chi connectivity index (χ3n) is 3.36. The van der Waals surface area contributed by atoms with Gasteiger partial charge in [-0.1, -0.05) is 0 Å². The molecule has 2 N–H and O–H groups in total. The highest BCUT2D eigenvalue weighted by Gasteiger charge is 2.22. The number of anilines is 2. The first-order valence-electron chi connectivity index (χ1n) is 7.22. The van der Waals surface area contributed by atoms with E-state index in [1.54, 1.807) is 42.8 Å². The van der Waals surface area contributed by atoms with Crippen LogP contribution in [0.2, 0.25) is 0 Å². The molecule has 0 atom stereocenters. The first kappa shape index (κ1) is 17.1. The van der Waals surface area contributed by atoms with Crippen molar-refractivity contribution < 1.29 is 14.3 Å². The summed E-state index contributed by atoms with van der Waals surface area (Å²) >= 11 is 6.19. The molecular formula is C16H14N4O3S2. The Morgan fingerprint density at radius 3 is 2.60 bits per heavy atom. The average molecular weight is 374 g/mol. The highest BCUT2D eigenvalue weighted by molar-refractivity contribution is 7.80. The van der Waals surface area contributed by atoms with Gasteiger partial charge in [0, 0.05) is 12.3 Å². The average Bonchev–Trinajstić information content (AvgIpc) is 3.15. The number of nitrogens with one attached hydrogen (secondary N) is 2. The van der Waals surface area contributed by atoms with Crippen LogP contribution >= 0.6 is 23.6 Å². The Bertz CT molecular complexity index is 874. The van der Waals surface area contributed by atoms with Crippen LogP contribution in [0.5, 0.6) is 5.75 Å². The molecule has 7 nitrogen and oxygen atoms in total. The van der Waals surface area contributed by atoms with Crippen LogP contribution in [-0.4, -0.2) is 29.0 Å². The Balaban J connectivity index is 1.89. The number of nitrogens with zero attached hydrogens (tertiary/aromatic N) is 2. The summed E-state index contributed by atoms with van der Waals surface area (Å²) in [5, 5.41) is 7.77. The maximum atomic E-state index is 12.1. The number of thiocarbonyl (C=S) groups is 1. The predicted octanol–water partition coefficient (Wildman–Crippen LogP) is 2.18. The fourth-order valence-electron chi connectivity index (χ4n) is 2.23. The van der Waals surface area contributed by atoms with Crippen molar-refractivity contribution in [3.05, 3.63) is 41.0 Å². The smallest absolute Gasteiger partial charge is 0.273 e. The summed E-state index contributed by atoms with van der Waals surface area (Å²) < 4.78 is 5.13. The van der Waals surface area contributed by atoms with E-state index in [0.29, 0.717) is 28.0 Å². The summed E-state index contributed by atoms with van der Waals surface area (Å²) in [5.41, 5.74) is 1.56. The number of aromatic nitrogens is 1. The van der Waals surface area contributed by atoms with E-state index < -0.39 is 0 Å². The Labute approximate surface area is 153 Å². The molecule has 1 aromatic carbocycles. The topological polar surface area (TPSA) is 83.6 Å². The van der Waals surface area contributed by atoms with Crippen LogP contribution in [0.4, 0.5) is 10.8 Å². The number of rotatable bonds is 4. The molecular weight excluding hydrogens is 360 g/mol. The molecule has 25 heavy (non-hydrogen) atoms. The van der Waals surface area contributed by atoms with Crippen molar-refractivity contribution in [2.24, 2.45) is 0 Å². The van der Waals surface area contributed by atoms with Gasteiger partial charge in [0.25, 0.3) is 5.91 Å². The van der Waals surface area contributed by atoms with Gasteiger partial charge < -0.3 is 10.1 Å². The van der Waals surface area contributed by atoms with Crippen LogP contribution in [0.3, 0.4) is 0 Å². The van der Waals surface area contributed by atoms with Gasteiger partial charge in [-0.3, -0.25) is 19.8 Å². The van der Waals surface area contributed by atoms with Crippen LogP contribution in [0.25, 0.3) is 6.08 Å². The first-order valence-corrected chi connectivity index (χ1v) is 8.51. The fraction of sp³-hybridized carbons (Fsp3) is 0.125.